The summed E-state index contributed by atoms with van der Waals surface area (Å²) in [5.41, 5.74) is -0.272. The minimum Gasteiger partial charge on any atom is -0.495 e. The van der Waals surface area contributed by atoms with Crippen molar-refractivity contribution in [3.63, 3.8) is 0 Å². The molecule has 0 amide bonds. The highest BCUT2D eigenvalue weighted by Gasteiger charge is 2.23. The number of esters is 1. The van der Waals surface area contributed by atoms with E-state index in [9.17, 15) is 13.6 Å². The van der Waals surface area contributed by atoms with Crippen LogP contribution in [0.3, 0.4) is 0 Å². The molecule has 0 aliphatic rings. The zero-order valence-corrected chi connectivity index (χ0v) is 10.8. The maximum Gasteiger partial charge on any atom is 0.310 e. The van der Waals surface area contributed by atoms with Gasteiger partial charge in [-0.2, -0.15) is 0 Å². The molecular weight excluding hydrogens is 300 g/mol. The molecule has 1 rings (SSSR count). The van der Waals surface area contributed by atoms with E-state index in [0.717, 1.165) is 0 Å². The van der Waals surface area contributed by atoms with Gasteiger partial charge in [0.05, 0.1) is 32.4 Å². The van der Waals surface area contributed by atoms with Gasteiger partial charge in [0.15, 0.2) is 0 Å². The molecule has 0 unspecified atom stereocenters. The predicted octanol–water partition coefficient (Wildman–Crippen LogP) is 2.51. The summed E-state index contributed by atoms with van der Waals surface area (Å²) in [6.45, 7) is 0. The first-order valence-corrected chi connectivity index (χ1v) is 5.36. The number of pyridine rings is 1. The lowest BCUT2D eigenvalue weighted by atomic mass is 10.1. The molecule has 4 nitrogen and oxygen atoms in total. The molecule has 0 N–H and O–H groups in total. The molecule has 1 heterocycles. The van der Waals surface area contributed by atoms with E-state index in [1.54, 1.807) is 0 Å². The molecule has 1 aromatic heterocycles. The minimum absolute atomic E-state index is 0.00722. The molecule has 0 saturated carbocycles. The van der Waals surface area contributed by atoms with Crippen molar-refractivity contribution in [1.82, 2.24) is 4.98 Å². The van der Waals surface area contributed by atoms with Crippen LogP contribution >= 0.6 is 15.9 Å². The molecule has 0 aliphatic heterocycles. The smallest absolute Gasteiger partial charge is 0.310 e. The molecule has 0 atom stereocenters. The molecule has 0 saturated heterocycles. The Morgan fingerprint density at radius 1 is 1.53 bits per heavy atom. The van der Waals surface area contributed by atoms with Crippen LogP contribution in [-0.4, -0.2) is 25.2 Å². The molecule has 94 valence electrons. The summed E-state index contributed by atoms with van der Waals surface area (Å²) in [6.07, 6.45) is -1.78. The van der Waals surface area contributed by atoms with Crippen LogP contribution in [0.4, 0.5) is 8.78 Å². The number of nitrogens with zero attached hydrogens (tertiary/aromatic N) is 1. The van der Waals surface area contributed by atoms with Crippen molar-refractivity contribution in [3.05, 3.63) is 21.9 Å². The Labute approximate surface area is 105 Å². The first-order chi connectivity index (χ1) is 8.01. The fourth-order valence-corrected chi connectivity index (χ4v) is 1.83. The van der Waals surface area contributed by atoms with Crippen LogP contribution in [0, 0.1) is 0 Å². The largest absolute Gasteiger partial charge is 0.495 e. The van der Waals surface area contributed by atoms with Gasteiger partial charge in [-0.3, -0.25) is 4.79 Å². The van der Waals surface area contributed by atoms with Crippen LogP contribution in [0.5, 0.6) is 5.75 Å². The van der Waals surface area contributed by atoms with Crippen LogP contribution in [0.1, 0.15) is 17.6 Å². The number of hydrogen-bond acceptors (Lipinski definition) is 4. The van der Waals surface area contributed by atoms with Gasteiger partial charge in [-0.15, -0.1) is 0 Å². The Kier molecular flexibility index (Phi) is 4.80. The Hall–Kier alpha value is -1.24. The second-order valence-corrected chi connectivity index (χ2v) is 3.81. The molecular formula is C10H10BrF2NO3. The third-order valence-corrected chi connectivity index (χ3v) is 2.76. The quantitative estimate of drug-likeness (QED) is 0.633. The standard InChI is InChI=1S/C10H10BrF2NO3/c1-16-6-4-14-9(11)8(10(12)13)5(6)3-7(15)17-2/h4,10H,3H2,1-2H3. The summed E-state index contributed by atoms with van der Waals surface area (Å²) in [5, 5.41) is 0. The fraction of sp³-hybridized carbons (Fsp3) is 0.400. The molecule has 0 bridgehead atoms. The fourth-order valence-electron chi connectivity index (χ4n) is 1.32. The van der Waals surface area contributed by atoms with Gasteiger partial charge in [-0.1, -0.05) is 0 Å². The van der Waals surface area contributed by atoms with E-state index in [1.807, 2.05) is 0 Å². The normalized spacial score (nSPS) is 10.5. The number of carbonyl (C=O) groups is 1. The highest BCUT2D eigenvalue weighted by atomic mass is 79.9. The van der Waals surface area contributed by atoms with Crippen LogP contribution < -0.4 is 4.74 Å². The van der Waals surface area contributed by atoms with Crippen molar-refractivity contribution in [2.45, 2.75) is 12.8 Å². The van der Waals surface area contributed by atoms with E-state index in [2.05, 4.69) is 25.7 Å². The summed E-state index contributed by atoms with van der Waals surface area (Å²) in [4.78, 5) is 14.9. The van der Waals surface area contributed by atoms with Crippen LogP contribution in [-0.2, 0) is 16.0 Å². The lowest BCUT2D eigenvalue weighted by Gasteiger charge is -2.13. The predicted molar refractivity (Wildman–Crippen MR) is 59.2 cm³/mol. The monoisotopic (exact) mass is 309 g/mol. The summed E-state index contributed by atoms with van der Waals surface area (Å²) in [7, 11) is 2.51. The number of rotatable bonds is 4. The second kappa shape index (κ2) is 5.90. The van der Waals surface area contributed by atoms with E-state index >= 15 is 0 Å². The number of alkyl halides is 2. The van der Waals surface area contributed by atoms with Crippen molar-refractivity contribution in [3.8, 4) is 5.75 Å². The number of aromatic nitrogens is 1. The molecule has 0 spiro atoms. The topological polar surface area (TPSA) is 48.4 Å². The summed E-state index contributed by atoms with van der Waals surface area (Å²) >= 11 is 2.92. The zero-order chi connectivity index (χ0) is 13.0. The van der Waals surface area contributed by atoms with E-state index < -0.39 is 12.4 Å². The van der Waals surface area contributed by atoms with Crippen molar-refractivity contribution >= 4 is 21.9 Å². The van der Waals surface area contributed by atoms with E-state index in [1.165, 1.54) is 20.4 Å². The average Bonchev–Trinajstić information content (AvgIpc) is 2.28. The molecule has 0 radical (unpaired) electrons. The van der Waals surface area contributed by atoms with Gasteiger partial charge >= 0.3 is 5.97 Å². The van der Waals surface area contributed by atoms with Gasteiger partial charge in [0.1, 0.15) is 10.4 Å². The average molecular weight is 310 g/mol. The number of halogens is 3. The van der Waals surface area contributed by atoms with Crippen LogP contribution in [0.2, 0.25) is 0 Å². The van der Waals surface area contributed by atoms with Crippen LogP contribution in [0.15, 0.2) is 10.8 Å². The lowest BCUT2D eigenvalue weighted by Crippen LogP contribution is -2.10. The maximum absolute atomic E-state index is 12.9. The lowest BCUT2D eigenvalue weighted by molar-refractivity contribution is -0.139. The third kappa shape index (κ3) is 3.12. The maximum atomic E-state index is 12.9. The highest BCUT2D eigenvalue weighted by molar-refractivity contribution is 9.10. The van der Waals surface area contributed by atoms with E-state index in [0.29, 0.717) is 0 Å². The van der Waals surface area contributed by atoms with Crippen LogP contribution in [0.25, 0.3) is 0 Å². The number of carbonyl (C=O) groups excluding carboxylic acids is 1. The van der Waals surface area contributed by atoms with Crippen molar-refractivity contribution < 1.29 is 23.0 Å². The minimum atomic E-state index is -2.76. The number of hydrogen-bond donors (Lipinski definition) is 0. The van der Waals surface area contributed by atoms with Gasteiger partial charge in [0, 0.05) is 5.56 Å². The van der Waals surface area contributed by atoms with Gasteiger partial charge in [0.25, 0.3) is 6.43 Å². The van der Waals surface area contributed by atoms with E-state index in [4.69, 9.17) is 4.74 Å². The first kappa shape index (κ1) is 13.8. The number of ether oxygens (including phenoxy) is 2. The van der Waals surface area contributed by atoms with Gasteiger partial charge in [-0.05, 0) is 15.9 Å². The third-order valence-electron chi connectivity index (χ3n) is 2.13. The summed E-state index contributed by atoms with van der Waals surface area (Å²) in [5.74, 6) is -0.489. The summed E-state index contributed by atoms with van der Waals surface area (Å²) in [6, 6.07) is 0. The Bertz CT molecular complexity index is 426. The Morgan fingerprint density at radius 3 is 2.65 bits per heavy atom. The Balaban J connectivity index is 3.29. The summed E-state index contributed by atoms with van der Waals surface area (Å²) < 4.78 is 35.1. The zero-order valence-electron chi connectivity index (χ0n) is 9.17. The molecule has 0 aliphatic carbocycles. The van der Waals surface area contributed by atoms with Gasteiger partial charge in [0.2, 0.25) is 0 Å². The first-order valence-electron chi connectivity index (χ1n) is 4.57. The molecule has 1 aromatic rings. The number of methoxy groups -OCH3 is 2. The van der Waals surface area contributed by atoms with Crippen molar-refractivity contribution in [2.24, 2.45) is 0 Å². The Morgan fingerprint density at radius 2 is 2.18 bits per heavy atom. The van der Waals surface area contributed by atoms with Gasteiger partial charge < -0.3 is 9.47 Å². The SMILES string of the molecule is COC(=O)Cc1c(OC)cnc(Br)c1C(F)F. The van der Waals surface area contributed by atoms with Gasteiger partial charge in [-0.25, -0.2) is 13.8 Å². The second-order valence-electron chi connectivity index (χ2n) is 3.06. The van der Waals surface area contributed by atoms with E-state index in [-0.39, 0.29) is 27.9 Å². The van der Waals surface area contributed by atoms with Crippen molar-refractivity contribution in [1.29, 1.82) is 0 Å². The molecule has 0 fully saturated rings. The van der Waals surface area contributed by atoms with Crippen molar-refractivity contribution in [2.75, 3.05) is 14.2 Å². The molecule has 17 heavy (non-hydrogen) atoms. The molecule has 7 heteroatoms. The molecule has 0 aromatic carbocycles. The highest BCUT2D eigenvalue weighted by Crippen LogP contribution is 2.34.